The van der Waals surface area contributed by atoms with Crippen LogP contribution in [0.3, 0.4) is 0 Å². The van der Waals surface area contributed by atoms with Gasteiger partial charge in [0.25, 0.3) is 0 Å². The number of benzene rings is 8. The number of ether oxygens (including phenoxy) is 12. The van der Waals surface area contributed by atoms with Crippen LogP contribution >= 0.6 is 0 Å². The van der Waals surface area contributed by atoms with Crippen LogP contribution in [0, 0.1) is 47.3 Å². The number of Topliss-reactive ketones (excluding diaryl/α,β-unsaturated/α-hetero) is 4. The monoisotopic (exact) mass is 1940 g/mol. The molecular formula is C112H160N8O20. The van der Waals surface area contributed by atoms with Crippen molar-refractivity contribution in [2.45, 2.75) is 239 Å². The van der Waals surface area contributed by atoms with Crippen molar-refractivity contribution in [1.82, 2.24) is 0 Å². The predicted molar refractivity (Wildman–Crippen MR) is 558 cm³/mol. The average molecular weight is 1940 g/mol. The van der Waals surface area contributed by atoms with Gasteiger partial charge < -0.3 is 103 Å². The molecule has 0 saturated carbocycles. The number of carbonyl (C=O) groups excluding carboxylic acids is 8. The number of nitrogens with two attached hydrogens (primary N) is 8. The third-order valence-corrected chi connectivity index (χ3v) is 23.5. The lowest BCUT2D eigenvalue weighted by molar-refractivity contribution is -0.150. The molecule has 8 atom stereocenters. The molecule has 0 amide bonds. The lowest BCUT2D eigenvalue weighted by Gasteiger charge is -2.20. The van der Waals surface area contributed by atoms with E-state index in [1.807, 2.05) is 152 Å². The predicted octanol–water partition coefficient (Wildman–Crippen LogP) is 20.0. The van der Waals surface area contributed by atoms with Crippen molar-refractivity contribution in [3.63, 3.8) is 0 Å². The van der Waals surface area contributed by atoms with Gasteiger partial charge in [-0.1, -0.05) is 102 Å². The highest BCUT2D eigenvalue weighted by Gasteiger charge is 2.34. The van der Waals surface area contributed by atoms with E-state index >= 15 is 0 Å². The van der Waals surface area contributed by atoms with Crippen molar-refractivity contribution in [3.05, 3.63) is 190 Å². The second-order valence-electron chi connectivity index (χ2n) is 34.5. The van der Waals surface area contributed by atoms with Gasteiger partial charge in [-0.25, -0.2) is 0 Å². The normalized spacial score (nSPS) is 12.6. The molecule has 0 saturated heterocycles. The van der Waals surface area contributed by atoms with E-state index in [0.717, 1.165) is 95.9 Å². The Morgan fingerprint density at radius 2 is 0.321 bits per heavy atom. The molecule has 768 valence electrons. The Bertz CT molecular complexity index is 4530. The van der Waals surface area contributed by atoms with E-state index < -0.39 is 23.7 Å². The molecule has 140 heavy (non-hydrogen) atoms. The van der Waals surface area contributed by atoms with Crippen molar-refractivity contribution >= 4 is 92.5 Å². The number of carbonyl (C=O) groups is 8. The van der Waals surface area contributed by atoms with Crippen molar-refractivity contribution in [2.24, 2.45) is 47.3 Å². The summed E-state index contributed by atoms with van der Waals surface area (Å²) in [6.07, 6.45) is 10.6. The summed E-state index contributed by atoms with van der Waals surface area (Å²) in [5.41, 5.74) is 60.6. The summed E-state index contributed by atoms with van der Waals surface area (Å²) >= 11 is 0. The summed E-state index contributed by atoms with van der Waals surface area (Å²) in [6.45, 7) is 35.7. The molecule has 28 nitrogen and oxygen atoms in total. The maximum atomic E-state index is 13.4. The van der Waals surface area contributed by atoms with Crippen LogP contribution in [0.5, 0.6) is 46.0 Å². The molecule has 8 aromatic carbocycles. The van der Waals surface area contributed by atoms with Crippen LogP contribution in [0.4, 0.5) is 45.5 Å². The molecule has 0 aliphatic rings. The zero-order chi connectivity index (χ0) is 103. The number of hydrogen-bond donors (Lipinski definition) is 8. The van der Waals surface area contributed by atoms with Crippen molar-refractivity contribution < 1.29 is 95.2 Å². The quantitative estimate of drug-likeness (QED) is 0.00997. The molecule has 16 N–H and O–H groups in total. The van der Waals surface area contributed by atoms with Crippen molar-refractivity contribution in [3.8, 4) is 46.0 Å². The molecule has 0 aromatic heterocycles. The maximum absolute atomic E-state index is 13.4. The Labute approximate surface area is 831 Å². The van der Waals surface area contributed by atoms with Gasteiger partial charge in [-0.3, -0.25) is 38.4 Å². The van der Waals surface area contributed by atoms with E-state index in [4.69, 9.17) is 103 Å². The van der Waals surface area contributed by atoms with E-state index in [2.05, 4.69) is 27.7 Å². The molecule has 0 aliphatic carbocycles. The Hall–Kier alpha value is -12.9. The van der Waals surface area contributed by atoms with E-state index in [-0.39, 0.29) is 123 Å². The Balaban J connectivity index is 0.000000329. The first-order valence-corrected chi connectivity index (χ1v) is 50.2. The molecule has 8 rings (SSSR count). The van der Waals surface area contributed by atoms with Gasteiger partial charge in [0, 0.05) is 49.4 Å². The molecule has 0 bridgehead atoms. The van der Waals surface area contributed by atoms with E-state index in [1.54, 1.807) is 76.2 Å². The number of nitrogen functional groups attached to an aromatic ring is 8. The first-order valence-electron chi connectivity index (χ1n) is 50.2. The second-order valence-corrected chi connectivity index (χ2v) is 34.5. The smallest absolute Gasteiger partial charge is 0.309 e. The minimum Gasteiger partial charge on any atom is -0.492 e. The van der Waals surface area contributed by atoms with Gasteiger partial charge >= 0.3 is 23.9 Å². The van der Waals surface area contributed by atoms with Crippen LogP contribution in [0.25, 0.3) is 0 Å². The number of rotatable bonds is 60. The van der Waals surface area contributed by atoms with Gasteiger partial charge in [0.2, 0.25) is 0 Å². The largest absolute Gasteiger partial charge is 0.492 e. The molecular weight excluding hydrogens is 1780 g/mol. The summed E-state index contributed by atoms with van der Waals surface area (Å²) in [6, 6.07) is 44.6. The average Bonchev–Trinajstić information content (AvgIpc) is 0.848. The zero-order valence-electron chi connectivity index (χ0n) is 85.9. The van der Waals surface area contributed by atoms with E-state index in [1.165, 1.54) is 0 Å². The first-order chi connectivity index (χ1) is 67.3. The number of hydrogen-bond acceptors (Lipinski definition) is 28. The molecule has 8 aromatic rings. The topological polar surface area (TPSA) is 455 Å². The number of ketones is 4. The lowest BCUT2D eigenvalue weighted by Crippen LogP contribution is -2.27. The standard InChI is InChI=1S/4C28H40N2O5/c4*1-5-9-21(14-19-10-12-26(33-6-2)23(29)16-19)25(31)18-22(28(32)35-8-4)15-20-11-13-27(34-7-3)24(30)17-20/h4*10-13,16-17,21-22H,5-9,14-15,18,29-30H2,1-4H3/t4*21-,22+/m0000/s1. The van der Waals surface area contributed by atoms with Crippen molar-refractivity contribution in [1.29, 1.82) is 0 Å². The van der Waals surface area contributed by atoms with Crippen LogP contribution in [-0.2, 0) is 109 Å². The fraction of sp³-hybridized carbons (Fsp3) is 0.500. The summed E-state index contributed by atoms with van der Waals surface area (Å²) in [5, 5.41) is 0. The Morgan fingerprint density at radius 1 is 0.193 bits per heavy atom. The fourth-order valence-electron chi connectivity index (χ4n) is 16.9. The molecule has 0 heterocycles. The van der Waals surface area contributed by atoms with Crippen LogP contribution in [0.1, 0.15) is 232 Å². The molecule has 0 radical (unpaired) electrons. The third-order valence-electron chi connectivity index (χ3n) is 23.5. The van der Waals surface area contributed by atoms with Gasteiger partial charge in [-0.15, -0.1) is 0 Å². The number of esters is 4. The van der Waals surface area contributed by atoms with Gasteiger partial charge in [-0.05, 0) is 302 Å². The SMILES string of the molecule is CCC[C@@H](Cc1ccc(OCC)c(N)c1)C(=O)C[C@@H](Cc1ccc(OCC)c(N)c1)C(=O)OCC.CCC[C@@H](Cc1ccc(OCC)c(N)c1)C(=O)C[C@@H](Cc1ccc(OCC)c(N)c1)C(=O)OCC.CCC[C@@H](Cc1ccc(OCC)c(N)c1)C(=O)C[C@@H](Cc1ccc(OCC)c(N)c1)C(=O)OCC.CCC[C@@H](Cc1ccc(OCC)c(N)c1)C(=O)C[C@@H](Cc1ccc(OCC)c(N)c1)C(=O)OCC. The number of anilines is 8. The lowest BCUT2D eigenvalue weighted by atomic mass is 9.84. The summed E-state index contributed by atoms with van der Waals surface area (Å²) in [5.74, 6) is 0.606. The second kappa shape index (κ2) is 64.4. The molecule has 0 fully saturated rings. The summed E-state index contributed by atoms with van der Waals surface area (Å²) < 4.78 is 65.3. The minimum atomic E-state index is -0.579. The van der Waals surface area contributed by atoms with Gasteiger partial charge in [-0.2, -0.15) is 0 Å². The highest BCUT2D eigenvalue weighted by atomic mass is 16.5. The first kappa shape index (κ1) is 118. The van der Waals surface area contributed by atoms with Gasteiger partial charge in [0.05, 0.1) is 148 Å². The molecule has 0 aliphatic heterocycles. The third kappa shape index (κ3) is 40.1. The highest BCUT2D eigenvalue weighted by Crippen LogP contribution is 2.37. The molecule has 28 heteroatoms. The van der Waals surface area contributed by atoms with Gasteiger partial charge in [0.1, 0.15) is 69.1 Å². The van der Waals surface area contributed by atoms with Gasteiger partial charge in [0.15, 0.2) is 0 Å². The van der Waals surface area contributed by atoms with Crippen LogP contribution in [0.2, 0.25) is 0 Å². The minimum absolute atomic E-state index is 0.0521. The van der Waals surface area contributed by atoms with Crippen LogP contribution in [-0.4, -0.2) is 126 Å². The van der Waals surface area contributed by atoms with E-state index in [0.29, 0.717) is 196 Å². The highest BCUT2D eigenvalue weighted by molar-refractivity contribution is 5.89. The van der Waals surface area contributed by atoms with Crippen LogP contribution in [0.15, 0.2) is 146 Å². The van der Waals surface area contributed by atoms with Crippen molar-refractivity contribution in [2.75, 3.05) is 125 Å². The summed E-state index contributed by atoms with van der Waals surface area (Å²) in [7, 11) is 0. The zero-order valence-corrected chi connectivity index (χ0v) is 85.9. The Morgan fingerprint density at radius 3 is 0.429 bits per heavy atom. The molecule has 0 spiro atoms. The maximum Gasteiger partial charge on any atom is 0.309 e. The Kier molecular flexibility index (Phi) is 54.1. The fourth-order valence-corrected chi connectivity index (χ4v) is 16.9. The molecule has 0 unspecified atom stereocenters. The van der Waals surface area contributed by atoms with Crippen LogP contribution < -0.4 is 83.8 Å². The van der Waals surface area contributed by atoms with E-state index in [9.17, 15) is 38.4 Å². The summed E-state index contributed by atoms with van der Waals surface area (Å²) in [4.78, 5) is 105.